The van der Waals surface area contributed by atoms with Gasteiger partial charge in [-0.15, -0.1) is 0 Å². The number of carbonyl (C=O) groups is 1. The summed E-state index contributed by atoms with van der Waals surface area (Å²) in [5, 5.41) is 5.69. The van der Waals surface area contributed by atoms with Crippen molar-refractivity contribution < 1.29 is 18.0 Å². The fraction of sp³-hybridized carbons (Fsp3) is 0.455. The molecule has 0 aliphatic carbocycles. The van der Waals surface area contributed by atoms with Gasteiger partial charge in [-0.05, 0) is 43.3 Å². The van der Waals surface area contributed by atoms with Crippen LogP contribution in [0.3, 0.4) is 0 Å². The molecule has 1 amide bonds. The first-order valence-corrected chi connectivity index (χ1v) is 10.8. The van der Waals surface area contributed by atoms with Gasteiger partial charge in [-0.2, -0.15) is 13.2 Å². The van der Waals surface area contributed by atoms with Gasteiger partial charge in [0.05, 0.1) is 28.2 Å². The Morgan fingerprint density at radius 1 is 1.12 bits per heavy atom. The average molecular weight is 470 g/mol. The van der Waals surface area contributed by atoms with Crippen LogP contribution < -0.4 is 15.5 Å². The minimum absolute atomic E-state index is 0.100. The van der Waals surface area contributed by atoms with Crippen molar-refractivity contribution in [1.82, 2.24) is 9.88 Å². The molecule has 1 aliphatic rings. The molecular formula is C22H27ClF3N5O. The Kier molecular flexibility index (Phi) is 7.51. The van der Waals surface area contributed by atoms with Crippen molar-refractivity contribution in [3.63, 3.8) is 0 Å². The summed E-state index contributed by atoms with van der Waals surface area (Å²) < 4.78 is 38.6. The lowest BCUT2D eigenvalue weighted by atomic mass is 10.0. The Balaban J connectivity index is 1.66. The van der Waals surface area contributed by atoms with Crippen LogP contribution in [0.4, 0.5) is 30.4 Å². The van der Waals surface area contributed by atoms with Crippen LogP contribution in [0, 0.1) is 5.92 Å². The fourth-order valence-corrected chi connectivity index (χ4v) is 3.65. The van der Waals surface area contributed by atoms with Crippen molar-refractivity contribution >= 4 is 34.7 Å². The normalized spacial score (nSPS) is 16.2. The lowest BCUT2D eigenvalue weighted by Gasteiger charge is -2.33. The number of hydrogen-bond acceptors (Lipinski definition) is 5. The topological polar surface area (TPSA) is 60.5 Å². The van der Waals surface area contributed by atoms with Gasteiger partial charge in [-0.1, -0.05) is 25.4 Å². The molecule has 1 saturated heterocycles. The van der Waals surface area contributed by atoms with Gasteiger partial charge in [-0.25, -0.2) is 4.98 Å². The zero-order valence-electron chi connectivity index (χ0n) is 18.2. The van der Waals surface area contributed by atoms with Crippen LogP contribution in [0.1, 0.15) is 19.4 Å². The molecule has 1 fully saturated rings. The fourth-order valence-electron chi connectivity index (χ4n) is 3.41. The van der Waals surface area contributed by atoms with Gasteiger partial charge in [0, 0.05) is 26.2 Å². The number of alkyl halides is 3. The van der Waals surface area contributed by atoms with Crippen LogP contribution in [0.25, 0.3) is 0 Å². The summed E-state index contributed by atoms with van der Waals surface area (Å²) in [6, 6.07) is 5.97. The Hall–Kier alpha value is -2.52. The molecule has 32 heavy (non-hydrogen) atoms. The van der Waals surface area contributed by atoms with E-state index in [0.29, 0.717) is 5.69 Å². The highest BCUT2D eigenvalue weighted by atomic mass is 35.5. The minimum atomic E-state index is -4.49. The van der Waals surface area contributed by atoms with Gasteiger partial charge in [0.25, 0.3) is 0 Å². The van der Waals surface area contributed by atoms with Crippen molar-refractivity contribution in [2.24, 2.45) is 5.92 Å². The third-order valence-electron chi connectivity index (χ3n) is 5.40. The number of halogens is 4. The number of likely N-dealkylation sites (N-methyl/N-ethyl adjacent to an activating group) is 1. The summed E-state index contributed by atoms with van der Waals surface area (Å²) >= 11 is 6.04. The molecule has 174 valence electrons. The number of hydrogen-bond donors (Lipinski definition) is 2. The number of amides is 1. The standard InChI is InChI=1S/C22H27ClF3N5O/c1-14(2)20(29-18-6-4-15(12-17(18)23)22(24,25)26)21(32)28-16-5-7-19(27-13-16)31-10-8-30(3)9-11-31/h4-7,12-14,20,29H,8-11H2,1-3H3,(H,28,32)/t20-/m0/s1. The highest BCUT2D eigenvalue weighted by molar-refractivity contribution is 6.33. The molecule has 10 heteroatoms. The molecule has 1 atom stereocenters. The number of rotatable bonds is 6. The van der Waals surface area contributed by atoms with E-state index in [0.717, 1.165) is 44.1 Å². The highest BCUT2D eigenvalue weighted by Gasteiger charge is 2.31. The van der Waals surface area contributed by atoms with E-state index in [2.05, 4.69) is 32.5 Å². The lowest BCUT2D eigenvalue weighted by molar-refractivity contribution is -0.137. The van der Waals surface area contributed by atoms with Crippen LogP contribution in [-0.4, -0.2) is 55.1 Å². The second kappa shape index (κ2) is 9.95. The minimum Gasteiger partial charge on any atom is -0.372 e. The smallest absolute Gasteiger partial charge is 0.372 e. The molecule has 0 bridgehead atoms. The SMILES string of the molecule is CC(C)[C@H](Nc1ccc(C(F)(F)F)cc1Cl)C(=O)Nc1ccc(N2CCN(C)CC2)nc1. The zero-order chi connectivity index (χ0) is 23.5. The number of carbonyl (C=O) groups excluding carboxylic acids is 1. The lowest BCUT2D eigenvalue weighted by Crippen LogP contribution is -2.44. The molecule has 1 aromatic heterocycles. The number of benzene rings is 1. The predicted octanol–water partition coefficient (Wildman–Crippen LogP) is 4.58. The molecule has 1 aromatic carbocycles. The molecule has 0 unspecified atom stereocenters. The van der Waals surface area contributed by atoms with E-state index in [9.17, 15) is 18.0 Å². The second-order valence-electron chi connectivity index (χ2n) is 8.24. The van der Waals surface area contributed by atoms with Crippen molar-refractivity contribution in [3.05, 3.63) is 47.1 Å². The van der Waals surface area contributed by atoms with Gasteiger partial charge in [-0.3, -0.25) is 4.79 Å². The first-order chi connectivity index (χ1) is 15.0. The summed E-state index contributed by atoms with van der Waals surface area (Å²) in [7, 11) is 2.08. The highest BCUT2D eigenvalue weighted by Crippen LogP contribution is 2.34. The van der Waals surface area contributed by atoms with Crippen LogP contribution in [0.2, 0.25) is 5.02 Å². The second-order valence-corrected chi connectivity index (χ2v) is 8.65. The molecule has 2 N–H and O–H groups in total. The summed E-state index contributed by atoms with van der Waals surface area (Å²) in [4.78, 5) is 21.8. The number of piperazine rings is 1. The molecule has 1 aliphatic heterocycles. The molecule has 0 radical (unpaired) electrons. The molecule has 2 heterocycles. The molecule has 0 spiro atoms. The molecule has 6 nitrogen and oxygen atoms in total. The van der Waals surface area contributed by atoms with Crippen LogP contribution in [-0.2, 0) is 11.0 Å². The largest absolute Gasteiger partial charge is 0.416 e. The van der Waals surface area contributed by atoms with Gasteiger partial charge < -0.3 is 20.4 Å². The van der Waals surface area contributed by atoms with E-state index in [-0.39, 0.29) is 22.5 Å². The molecular weight excluding hydrogens is 443 g/mol. The van der Waals surface area contributed by atoms with Crippen molar-refractivity contribution in [3.8, 4) is 0 Å². The van der Waals surface area contributed by atoms with E-state index in [1.165, 1.54) is 6.07 Å². The number of pyridine rings is 1. The van der Waals surface area contributed by atoms with Crippen molar-refractivity contribution in [2.45, 2.75) is 26.1 Å². The first kappa shape index (κ1) is 24.1. The molecule has 3 rings (SSSR count). The average Bonchev–Trinajstić information content (AvgIpc) is 2.73. The quantitative estimate of drug-likeness (QED) is 0.648. The Labute approximate surface area is 190 Å². The van der Waals surface area contributed by atoms with E-state index in [1.807, 2.05) is 19.9 Å². The summed E-state index contributed by atoms with van der Waals surface area (Å²) in [5.74, 6) is 0.377. The van der Waals surface area contributed by atoms with Crippen LogP contribution in [0.5, 0.6) is 0 Å². The maximum Gasteiger partial charge on any atom is 0.416 e. The molecule has 2 aromatic rings. The maximum atomic E-state index is 12.9. The summed E-state index contributed by atoms with van der Waals surface area (Å²) in [5.41, 5.74) is -0.0407. The van der Waals surface area contributed by atoms with Crippen molar-refractivity contribution in [2.75, 3.05) is 48.8 Å². The van der Waals surface area contributed by atoms with Crippen molar-refractivity contribution in [1.29, 1.82) is 0 Å². The Morgan fingerprint density at radius 2 is 1.81 bits per heavy atom. The van der Waals surface area contributed by atoms with Gasteiger partial charge in [0.2, 0.25) is 5.91 Å². The first-order valence-electron chi connectivity index (χ1n) is 10.4. The maximum absolute atomic E-state index is 12.9. The number of nitrogens with zero attached hydrogens (tertiary/aromatic N) is 3. The zero-order valence-corrected chi connectivity index (χ0v) is 19.0. The van der Waals surface area contributed by atoms with Gasteiger partial charge in [0.15, 0.2) is 0 Å². The van der Waals surface area contributed by atoms with E-state index >= 15 is 0 Å². The molecule has 0 saturated carbocycles. The van der Waals surface area contributed by atoms with E-state index in [1.54, 1.807) is 12.3 Å². The Morgan fingerprint density at radius 3 is 2.34 bits per heavy atom. The number of nitrogens with one attached hydrogen (secondary N) is 2. The third kappa shape index (κ3) is 6.04. The van der Waals surface area contributed by atoms with Crippen LogP contribution in [0.15, 0.2) is 36.5 Å². The third-order valence-corrected chi connectivity index (χ3v) is 5.71. The predicted molar refractivity (Wildman–Crippen MR) is 121 cm³/mol. The van der Waals surface area contributed by atoms with Gasteiger partial charge >= 0.3 is 6.18 Å². The van der Waals surface area contributed by atoms with Gasteiger partial charge in [0.1, 0.15) is 11.9 Å². The number of anilines is 3. The summed E-state index contributed by atoms with van der Waals surface area (Å²) in [6.45, 7) is 7.39. The monoisotopic (exact) mass is 469 g/mol. The Bertz CT molecular complexity index is 928. The van der Waals surface area contributed by atoms with E-state index < -0.39 is 17.8 Å². The summed E-state index contributed by atoms with van der Waals surface area (Å²) in [6.07, 6.45) is -2.88. The number of aromatic nitrogens is 1. The van der Waals surface area contributed by atoms with Crippen LogP contribution >= 0.6 is 11.6 Å². The van der Waals surface area contributed by atoms with E-state index in [4.69, 9.17) is 11.6 Å².